The van der Waals surface area contributed by atoms with E-state index in [0.717, 1.165) is 22.5 Å². The van der Waals surface area contributed by atoms with Crippen molar-refractivity contribution in [3.63, 3.8) is 0 Å². The van der Waals surface area contributed by atoms with Crippen molar-refractivity contribution in [3.8, 4) is 0 Å². The average molecular weight is 344 g/mol. The number of nitrogens with zero attached hydrogens (tertiary/aromatic N) is 4. The molecule has 24 heavy (non-hydrogen) atoms. The van der Waals surface area contributed by atoms with Crippen molar-refractivity contribution in [2.75, 3.05) is 17.3 Å². The lowest BCUT2D eigenvalue weighted by Crippen LogP contribution is -2.24. The molecule has 2 aromatic rings. The first kappa shape index (κ1) is 16.4. The van der Waals surface area contributed by atoms with Crippen LogP contribution in [0.25, 0.3) is 0 Å². The number of allylic oxidation sites excluding steroid dienone is 1. The molecule has 126 valence electrons. The molecule has 7 heteroatoms. The molecule has 0 bridgehead atoms. The van der Waals surface area contributed by atoms with E-state index in [1.54, 1.807) is 29.9 Å². The number of aromatic nitrogens is 2. The van der Waals surface area contributed by atoms with Crippen molar-refractivity contribution in [1.82, 2.24) is 9.78 Å². The molecule has 1 aliphatic rings. The molecule has 6 nitrogen and oxygen atoms in total. The second-order valence-electron chi connectivity index (χ2n) is 5.73. The number of hydrogen-bond donors (Lipinski definition) is 0. The molecule has 0 saturated heterocycles. The van der Waals surface area contributed by atoms with Crippen LogP contribution in [0, 0.1) is 0 Å². The first-order valence-corrected chi connectivity index (χ1v) is 9.37. The van der Waals surface area contributed by atoms with E-state index in [9.17, 15) is 8.42 Å². The van der Waals surface area contributed by atoms with Gasteiger partial charge >= 0.3 is 0 Å². The van der Waals surface area contributed by atoms with Crippen LogP contribution in [0.2, 0.25) is 0 Å². The van der Waals surface area contributed by atoms with Crippen molar-refractivity contribution < 1.29 is 8.42 Å². The zero-order valence-corrected chi connectivity index (χ0v) is 14.8. The Kier molecular flexibility index (Phi) is 4.28. The van der Waals surface area contributed by atoms with Crippen LogP contribution in [0.3, 0.4) is 0 Å². The van der Waals surface area contributed by atoms with Gasteiger partial charge in [0.15, 0.2) is 9.84 Å². The molecular weight excluding hydrogens is 324 g/mol. The Hall–Kier alpha value is -2.41. The zero-order chi connectivity index (χ0) is 17.3. The highest BCUT2D eigenvalue weighted by atomic mass is 32.2. The number of rotatable bonds is 4. The minimum absolute atomic E-state index is 0.103. The minimum atomic E-state index is -3.17. The largest absolute Gasteiger partial charge is 0.325 e. The maximum absolute atomic E-state index is 11.9. The molecule has 0 aliphatic carbocycles. The van der Waals surface area contributed by atoms with Crippen molar-refractivity contribution in [2.45, 2.75) is 18.7 Å². The third-order valence-corrected chi connectivity index (χ3v) is 5.74. The first-order chi connectivity index (χ1) is 11.4. The van der Waals surface area contributed by atoms with E-state index in [1.165, 1.54) is 0 Å². The van der Waals surface area contributed by atoms with Crippen molar-refractivity contribution in [2.24, 2.45) is 12.0 Å². The topological polar surface area (TPSA) is 67.6 Å². The van der Waals surface area contributed by atoms with Crippen LogP contribution >= 0.6 is 0 Å². The molecule has 0 saturated carbocycles. The van der Waals surface area contributed by atoms with Gasteiger partial charge in [0.2, 0.25) is 0 Å². The number of sulfone groups is 1. The van der Waals surface area contributed by atoms with Gasteiger partial charge < -0.3 is 4.90 Å². The fourth-order valence-electron chi connectivity index (χ4n) is 2.63. The summed E-state index contributed by atoms with van der Waals surface area (Å²) in [5, 5.41) is 4.18. The molecule has 0 atom stereocenters. The second kappa shape index (κ2) is 6.24. The Bertz CT molecular complexity index is 908. The quantitative estimate of drug-likeness (QED) is 0.854. The van der Waals surface area contributed by atoms with Gasteiger partial charge in [0, 0.05) is 25.0 Å². The third-order valence-electron chi connectivity index (χ3n) is 3.99. The highest BCUT2D eigenvalue weighted by Crippen LogP contribution is 2.21. The van der Waals surface area contributed by atoms with Gasteiger partial charge in [0.25, 0.3) is 0 Å². The third kappa shape index (κ3) is 3.12. The SMILES string of the molecule is CCS(=O)(=O)c1ccc(C2=NCN(c3cnn(C)c3)C=C2C)cc1. The number of anilines is 1. The lowest BCUT2D eigenvalue weighted by molar-refractivity contribution is 0.597. The Morgan fingerprint density at radius 1 is 1.21 bits per heavy atom. The molecule has 0 amide bonds. The highest BCUT2D eigenvalue weighted by Gasteiger charge is 2.17. The standard InChI is InChI=1S/C17H20N4O2S/c1-4-24(22,23)16-7-5-14(6-8-16)17-13(2)10-21(12-18-17)15-9-19-20(3)11-15/h5-11H,4,12H2,1-3H3. The van der Waals surface area contributed by atoms with E-state index >= 15 is 0 Å². The van der Waals surface area contributed by atoms with Gasteiger partial charge in [-0.1, -0.05) is 19.1 Å². The second-order valence-corrected chi connectivity index (χ2v) is 8.01. The fraction of sp³-hybridized carbons (Fsp3) is 0.294. The van der Waals surface area contributed by atoms with Gasteiger partial charge in [-0.15, -0.1) is 0 Å². The number of hydrogen-bond acceptors (Lipinski definition) is 5. The van der Waals surface area contributed by atoms with Gasteiger partial charge in [-0.25, -0.2) is 8.42 Å². The summed E-state index contributed by atoms with van der Waals surface area (Å²) in [6, 6.07) is 6.94. The van der Waals surface area contributed by atoms with Crippen LogP contribution in [0.4, 0.5) is 5.69 Å². The molecule has 3 rings (SSSR count). The molecule has 0 radical (unpaired) electrons. The van der Waals surface area contributed by atoms with E-state index in [4.69, 9.17) is 0 Å². The molecule has 1 aliphatic heterocycles. The van der Waals surface area contributed by atoms with Gasteiger partial charge in [0.05, 0.1) is 28.2 Å². The molecule has 0 unspecified atom stereocenters. The monoisotopic (exact) mass is 344 g/mol. The Morgan fingerprint density at radius 2 is 1.92 bits per heavy atom. The summed E-state index contributed by atoms with van der Waals surface area (Å²) in [7, 11) is -1.29. The van der Waals surface area contributed by atoms with Crippen LogP contribution in [-0.2, 0) is 16.9 Å². The maximum Gasteiger partial charge on any atom is 0.178 e. The molecule has 1 aromatic heterocycles. The first-order valence-electron chi connectivity index (χ1n) is 7.72. The number of aliphatic imine (C=N–C) groups is 1. The van der Waals surface area contributed by atoms with Gasteiger partial charge in [-0.05, 0) is 24.6 Å². The molecule has 0 fully saturated rings. The molecule has 0 spiro atoms. The Morgan fingerprint density at radius 3 is 2.46 bits per heavy atom. The number of aryl methyl sites for hydroxylation is 1. The predicted molar refractivity (Wildman–Crippen MR) is 95.0 cm³/mol. The van der Waals surface area contributed by atoms with Crippen LogP contribution in [0.15, 0.2) is 58.3 Å². The zero-order valence-electron chi connectivity index (χ0n) is 14.0. The fourth-order valence-corrected chi connectivity index (χ4v) is 3.51. The van der Waals surface area contributed by atoms with Crippen LogP contribution in [0.5, 0.6) is 0 Å². The Labute approximate surface area is 142 Å². The highest BCUT2D eigenvalue weighted by molar-refractivity contribution is 7.91. The summed E-state index contributed by atoms with van der Waals surface area (Å²) in [5.41, 5.74) is 3.82. The minimum Gasteiger partial charge on any atom is -0.325 e. The van der Waals surface area contributed by atoms with Crippen LogP contribution in [0.1, 0.15) is 19.4 Å². The predicted octanol–water partition coefficient (Wildman–Crippen LogP) is 2.38. The van der Waals surface area contributed by atoms with Gasteiger partial charge in [-0.3, -0.25) is 9.67 Å². The van der Waals surface area contributed by atoms with Crippen LogP contribution < -0.4 is 4.90 Å². The van der Waals surface area contributed by atoms with Crippen molar-refractivity contribution >= 4 is 21.2 Å². The van der Waals surface area contributed by atoms with E-state index in [-0.39, 0.29) is 5.75 Å². The number of benzene rings is 1. The maximum atomic E-state index is 11.9. The van der Waals surface area contributed by atoms with Crippen molar-refractivity contribution in [3.05, 3.63) is 54.0 Å². The molecular formula is C17H20N4O2S. The molecule has 1 aromatic carbocycles. The lowest BCUT2D eigenvalue weighted by Gasteiger charge is -2.23. The summed E-state index contributed by atoms with van der Waals surface area (Å²) in [6.45, 7) is 4.15. The normalized spacial score (nSPS) is 15.2. The Balaban J connectivity index is 1.84. The van der Waals surface area contributed by atoms with E-state index < -0.39 is 9.84 Å². The van der Waals surface area contributed by atoms with Gasteiger partial charge in [-0.2, -0.15) is 5.10 Å². The molecule has 2 heterocycles. The van der Waals surface area contributed by atoms with E-state index in [1.807, 2.05) is 43.4 Å². The summed E-state index contributed by atoms with van der Waals surface area (Å²) < 4.78 is 25.6. The smallest absolute Gasteiger partial charge is 0.178 e. The van der Waals surface area contributed by atoms with Gasteiger partial charge in [0.1, 0.15) is 6.67 Å². The summed E-state index contributed by atoms with van der Waals surface area (Å²) >= 11 is 0. The molecule has 0 N–H and O–H groups in total. The van der Waals surface area contributed by atoms with E-state index in [2.05, 4.69) is 10.1 Å². The van der Waals surface area contributed by atoms with Crippen LogP contribution in [-0.4, -0.2) is 36.3 Å². The summed E-state index contributed by atoms with van der Waals surface area (Å²) in [5.74, 6) is 0.103. The average Bonchev–Trinajstić information content (AvgIpc) is 3.01. The lowest BCUT2D eigenvalue weighted by atomic mass is 10.0. The summed E-state index contributed by atoms with van der Waals surface area (Å²) in [6.07, 6.45) is 5.78. The van der Waals surface area contributed by atoms with Crippen molar-refractivity contribution in [1.29, 1.82) is 0 Å². The summed E-state index contributed by atoms with van der Waals surface area (Å²) in [4.78, 5) is 7.03. The van der Waals surface area contributed by atoms with E-state index in [0.29, 0.717) is 11.6 Å².